The quantitative estimate of drug-likeness (QED) is 0.690. The monoisotopic (exact) mass is 380 g/mol. The molecule has 1 saturated carbocycles. The number of aromatic nitrogens is 5. The van der Waals surface area contributed by atoms with Crippen molar-refractivity contribution in [3.05, 3.63) is 35.9 Å². The van der Waals surface area contributed by atoms with E-state index < -0.39 is 0 Å². The Balaban J connectivity index is 1.27. The first-order valence-corrected chi connectivity index (χ1v) is 10.1. The molecule has 28 heavy (non-hydrogen) atoms. The van der Waals surface area contributed by atoms with E-state index in [2.05, 4.69) is 38.5 Å². The standard InChI is InChI=1S/C20H24N6O2/c1-12(2)17-23-19(28-24-17)13-5-7-25(8-6-13)20(27)14-9-16-18(21-10-14)26(11-22-16)15-3-4-15/h9-13,15H,3-8H2,1-2H3. The summed E-state index contributed by atoms with van der Waals surface area (Å²) in [7, 11) is 0. The molecule has 8 heteroatoms. The molecular formula is C20H24N6O2. The van der Waals surface area contributed by atoms with Gasteiger partial charge in [0.25, 0.3) is 5.91 Å². The number of likely N-dealkylation sites (tertiary alicyclic amines) is 1. The summed E-state index contributed by atoms with van der Waals surface area (Å²) in [4.78, 5) is 28.3. The predicted octanol–water partition coefficient (Wildman–Crippen LogP) is 3.29. The number of pyridine rings is 1. The van der Waals surface area contributed by atoms with Crippen LogP contribution in [0.2, 0.25) is 0 Å². The van der Waals surface area contributed by atoms with Gasteiger partial charge in [-0.05, 0) is 31.7 Å². The average Bonchev–Trinajstić information content (AvgIpc) is 3.28. The second kappa shape index (κ2) is 6.68. The second-order valence-corrected chi connectivity index (χ2v) is 8.16. The lowest BCUT2D eigenvalue weighted by atomic mass is 9.96. The number of piperidine rings is 1. The minimum atomic E-state index is 0.0159. The van der Waals surface area contributed by atoms with E-state index in [-0.39, 0.29) is 17.7 Å². The Labute approximate surface area is 163 Å². The summed E-state index contributed by atoms with van der Waals surface area (Å²) in [5.74, 6) is 1.94. The number of hydrogen-bond donors (Lipinski definition) is 0. The molecular weight excluding hydrogens is 356 g/mol. The van der Waals surface area contributed by atoms with Gasteiger partial charge in [-0.15, -0.1) is 0 Å². The van der Waals surface area contributed by atoms with Crippen molar-refractivity contribution in [3.63, 3.8) is 0 Å². The van der Waals surface area contributed by atoms with E-state index in [4.69, 9.17) is 4.52 Å². The third-order valence-electron chi connectivity index (χ3n) is 5.71. The lowest BCUT2D eigenvalue weighted by Gasteiger charge is -2.30. The predicted molar refractivity (Wildman–Crippen MR) is 102 cm³/mol. The smallest absolute Gasteiger partial charge is 0.255 e. The van der Waals surface area contributed by atoms with Crippen molar-refractivity contribution < 1.29 is 9.32 Å². The normalized spacial score (nSPS) is 18.3. The first-order chi connectivity index (χ1) is 13.6. The highest BCUT2D eigenvalue weighted by Crippen LogP contribution is 2.36. The highest BCUT2D eigenvalue weighted by molar-refractivity contribution is 5.96. The summed E-state index contributed by atoms with van der Waals surface area (Å²) < 4.78 is 7.55. The molecule has 0 atom stereocenters. The molecule has 0 unspecified atom stereocenters. The Morgan fingerprint density at radius 2 is 1.96 bits per heavy atom. The Bertz CT molecular complexity index is 1010. The van der Waals surface area contributed by atoms with Gasteiger partial charge in [-0.3, -0.25) is 4.79 Å². The molecule has 0 radical (unpaired) electrons. The molecule has 4 heterocycles. The Kier molecular flexibility index (Phi) is 4.14. The average molecular weight is 380 g/mol. The fourth-order valence-corrected chi connectivity index (χ4v) is 3.82. The van der Waals surface area contributed by atoms with Crippen LogP contribution < -0.4 is 0 Å². The minimum absolute atomic E-state index is 0.0159. The molecule has 3 aromatic heterocycles. The van der Waals surface area contributed by atoms with Crippen molar-refractivity contribution in [2.45, 2.75) is 57.4 Å². The number of carbonyl (C=O) groups excluding carboxylic acids is 1. The van der Waals surface area contributed by atoms with Crippen LogP contribution in [-0.4, -0.2) is 48.6 Å². The molecule has 5 rings (SSSR count). The van der Waals surface area contributed by atoms with Crippen LogP contribution in [0.25, 0.3) is 11.2 Å². The molecule has 1 amide bonds. The van der Waals surface area contributed by atoms with Gasteiger partial charge in [0, 0.05) is 37.2 Å². The summed E-state index contributed by atoms with van der Waals surface area (Å²) in [6.07, 6.45) is 7.55. The van der Waals surface area contributed by atoms with Crippen molar-refractivity contribution in [1.82, 2.24) is 29.6 Å². The molecule has 1 saturated heterocycles. The van der Waals surface area contributed by atoms with Crippen LogP contribution in [-0.2, 0) is 0 Å². The van der Waals surface area contributed by atoms with Crippen LogP contribution in [0.5, 0.6) is 0 Å². The van der Waals surface area contributed by atoms with Crippen molar-refractivity contribution in [1.29, 1.82) is 0 Å². The van der Waals surface area contributed by atoms with Gasteiger partial charge in [0.2, 0.25) is 5.89 Å². The first-order valence-electron chi connectivity index (χ1n) is 10.1. The maximum absolute atomic E-state index is 12.9. The molecule has 1 aliphatic carbocycles. The number of rotatable bonds is 4. The Morgan fingerprint density at radius 3 is 2.64 bits per heavy atom. The summed E-state index contributed by atoms with van der Waals surface area (Å²) in [5, 5.41) is 4.06. The van der Waals surface area contributed by atoms with Crippen molar-refractivity contribution in [3.8, 4) is 0 Å². The molecule has 2 aliphatic rings. The van der Waals surface area contributed by atoms with E-state index in [0.29, 0.717) is 30.6 Å². The SMILES string of the molecule is CC(C)c1noc(C2CCN(C(=O)c3cnc4c(c3)ncn4C3CC3)CC2)n1. The molecule has 0 spiro atoms. The van der Waals surface area contributed by atoms with Crippen LogP contribution in [0.1, 0.15) is 79.5 Å². The van der Waals surface area contributed by atoms with Crippen LogP contribution in [0.15, 0.2) is 23.1 Å². The van der Waals surface area contributed by atoms with E-state index in [0.717, 1.165) is 29.8 Å². The number of hydrogen-bond acceptors (Lipinski definition) is 6. The zero-order valence-corrected chi connectivity index (χ0v) is 16.2. The van der Waals surface area contributed by atoms with Gasteiger partial charge in [-0.25, -0.2) is 9.97 Å². The third kappa shape index (κ3) is 3.06. The van der Waals surface area contributed by atoms with E-state index in [1.807, 2.05) is 17.3 Å². The summed E-state index contributed by atoms with van der Waals surface area (Å²) in [6.45, 7) is 5.46. The van der Waals surface area contributed by atoms with Gasteiger partial charge >= 0.3 is 0 Å². The summed E-state index contributed by atoms with van der Waals surface area (Å²) in [6, 6.07) is 2.39. The van der Waals surface area contributed by atoms with E-state index in [9.17, 15) is 4.79 Å². The molecule has 8 nitrogen and oxygen atoms in total. The Hall–Kier alpha value is -2.77. The van der Waals surface area contributed by atoms with Crippen LogP contribution in [0.4, 0.5) is 0 Å². The summed E-state index contributed by atoms with van der Waals surface area (Å²) in [5.41, 5.74) is 2.27. The van der Waals surface area contributed by atoms with E-state index in [1.54, 1.807) is 6.20 Å². The molecule has 0 aromatic carbocycles. The molecule has 1 aliphatic heterocycles. The molecule has 2 fully saturated rings. The minimum Gasteiger partial charge on any atom is -0.339 e. The van der Waals surface area contributed by atoms with E-state index in [1.165, 1.54) is 12.8 Å². The van der Waals surface area contributed by atoms with Crippen molar-refractivity contribution >= 4 is 17.1 Å². The van der Waals surface area contributed by atoms with E-state index >= 15 is 0 Å². The van der Waals surface area contributed by atoms with Crippen molar-refractivity contribution in [2.75, 3.05) is 13.1 Å². The van der Waals surface area contributed by atoms with Gasteiger partial charge in [0.1, 0.15) is 5.52 Å². The Morgan fingerprint density at radius 1 is 1.18 bits per heavy atom. The first kappa shape index (κ1) is 17.3. The van der Waals surface area contributed by atoms with Gasteiger partial charge in [0.15, 0.2) is 11.5 Å². The molecule has 0 N–H and O–H groups in total. The fourth-order valence-electron chi connectivity index (χ4n) is 3.82. The maximum Gasteiger partial charge on any atom is 0.255 e. The van der Waals surface area contributed by atoms with Crippen LogP contribution in [0, 0.1) is 0 Å². The number of amides is 1. The highest BCUT2D eigenvalue weighted by atomic mass is 16.5. The molecule has 146 valence electrons. The largest absolute Gasteiger partial charge is 0.339 e. The highest BCUT2D eigenvalue weighted by Gasteiger charge is 2.29. The topological polar surface area (TPSA) is 89.9 Å². The molecule has 0 bridgehead atoms. The maximum atomic E-state index is 12.9. The number of nitrogens with zero attached hydrogens (tertiary/aromatic N) is 6. The van der Waals surface area contributed by atoms with Gasteiger partial charge in [0.05, 0.1) is 11.9 Å². The third-order valence-corrected chi connectivity index (χ3v) is 5.71. The molecule has 3 aromatic rings. The lowest BCUT2D eigenvalue weighted by Crippen LogP contribution is -2.38. The zero-order chi connectivity index (χ0) is 19.3. The fraction of sp³-hybridized carbons (Fsp3) is 0.550. The number of imidazole rings is 1. The number of carbonyl (C=O) groups is 1. The van der Waals surface area contributed by atoms with Gasteiger partial charge < -0.3 is 14.0 Å². The van der Waals surface area contributed by atoms with Crippen LogP contribution in [0.3, 0.4) is 0 Å². The summed E-state index contributed by atoms with van der Waals surface area (Å²) >= 11 is 0. The second-order valence-electron chi connectivity index (χ2n) is 8.16. The van der Waals surface area contributed by atoms with Crippen molar-refractivity contribution in [2.24, 2.45) is 0 Å². The van der Waals surface area contributed by atoms with Gasteiger partial charge in [-0.2, -0.15) is 4.98 Å². The van der Waals surface area contributed by atoms with Gasteiger partial charge in [-0.1, -0.05) is 19.0 Å². The zero-order valence-electron chi connectivity index (χ0n) is 16.2. The number of fused-ring (bicyclic) bond motifs is 1. The van der Waals surface area contributed by atoms with Crippen LogP contribution >= 0.6 is 0 Å². The lowest BCUT2D eigenvalue weighted by molar-refractivity contribution is 0.0704.